The van der Waals surface area contributed by atoms with Gasteiger partial charge in [-0.1, -0.05) is 30.7 Å². The highest BCUT2D eigenvalue weighted by Gasteiger charge is 2.20. The summed E-state index contributed by atoms with van der Waals surface area (Å²) in [4.78, 5) is 19.6. The van der Waals surface area contributed by atoms with Crippen molar-refractivity contribution in [3.63, 3.8) is 0 Å². The lowest BCUT2D eigenvalue weighted by Crippen LogP contribution is -2.25. The van der Waals surface area contributed by atoms with Crippen LogP contribution in [-0.4, -0.2) is 38.5 Å². The summed E-state index contributed by atoms with van der Waals surface area (Å²) in [5.74, 6) is -0.910. The highest BCUT2D eigenvalue weighted by Crippen LogP contribution is 2.15. The number of benzene rings is 1. The fraction of sp³-hybridized carbons (Fsp3) is 0.214. The van der Waals surface area contributed by atoms with Crippen molar-refractivity contribution in [3.05, 3.63) is 46.7 Å². The third kappa shape index (κ3) is 4.75. The lowest BCUT2D eigenvalue weighted by Gasteiger charge is -2.08. The first kappa shape index (κ1) is 20.2. The summed E-state index contributed by atoms with van der Waals surface area (Å²) in [5.41, 5.74) is 0.326. The molecule has 0 saturated carbocycles. The van der Waals surface area contributed by atoms with Crippen molar-refractivity contribution in [2.24, 2.45) is 5.14 Å². The maximum absolute atomic E-state index is 12.2. The monoisotopic (exact) mass is 418 g/mol. The van der Waals surface area contributed by atoms with E-state index in [0.29, 0.717) is 5.56 Å². The lowest BCUT2D eigenvalue weighted by atomic mass is 10.2. The number of carbonyl (C=O) groups excluding carboxylic acids is 1. The van der Waals surface area contributed by atoms with Gasteiger partial charge in [-0.15, -0.1) is 0 Å². The molecule has 1 amide bonds. The Morgan fingerprint density at radius 2 is 1.81 bits per heavy atom. The van der Waals surface area contributed by atoms with Gasteiger partial charge >= 0.3 is 0 Å². The molecule has 0 aliphatic carbocycles. The van der Waals surface area contributed by atoms with Crippen LogP contribution >= 0.6 is 11.6 Å². The molecule has 0 bridgehead atoms. The second-order valence-electron chi connectivity index (χ2n) is 5.12. The summed E-state index contributed by atoms with van der Waals surface area (Å²) in [6, 6.07) is 5.57. The van der Waals surface area contributed by atoms with Gasteiger partial charge in [0.2, 0.25) is 25.0 Å². The Hall–Kier alpha value is -2.08. The topological polar surface area (TPSA) is 149 Å². The van der Waals surface area contributed by atoms with Gasteiger partial charge in [0.1, 0.15) is 0 Å². The minimum atomic E-state index is -3.80. The van der Waals surface area contributed by atoms with Gasteiger partial charge in [0, 0.05) is 6.54 Å². The molecule has 0 radical (unpaired) electrons. The maximum atomic E-state index is 12.2. The van der Waals surface area contributed by atoms with E-state index < -0.39 is 30.9 Å². The molecule has 0 atom stereocenters. The molecule has 0 aliphatic heterocycles. The van der Waals surface area contributed by atoms with E-state index in [-0.39, 0.29) is 27.9 Å². The predicted octanol–water partition coefficient (Wildman–Crippen LogP) is 0.501. The van der Waals surface area contributed by atoms with Gasteiger partial charge in [0.05, 0.1) is 21.9 Å². The summed E-state index contributed by atoms with van der Waals surface area (Å²) in [7, 11) is -7.49. The zero-order chi connectivity index (χ0) is 19.5. The second-order valence-corrected chi connectivity index (χ2v) is 9.26. The van der Waals surface area contributed by atoms with Crippen molar-refractivity contribution in [1.82, 2.24) is 15.3 Å². The number of aromatic nitrogens is 2. The predicted molar refractivity (Wildman–Crippen MR) is 93.8 cm³/mol. The molecule has 0 unspecified atom stereocenters. The smallest absolute Gasteiger partial charge is 0.271 e. The Balaban J connectivity index is 2.17. The van der Waals surface area contributed by atoms with Gasteiger partial charge in [-0.3, -0.25) is 4.79 Å². The summed E-state index contributed by atoms with van der Waals surface area (Å²) in [6.07, 6.45) is 1.05. The normalized spacial score (nSPS) is 12.0. The Labute approximate surface area is 155 Å². The summed E-state index contributed by atoms with van der Waals surface area (Å²) < 4.78 is 46.0. The fourth-order valence-electron chi connectivity index (χ4n) is 1.85. The Morgan fingerprint density at radius 1 is 1.19 bits per heavy atom. The number of hydrogen-bond acceptors (Lipinski definition) is 7. The number of sulfonamides is 1. The van der Waals surface area contributed by atoms with Crippen LogP contribution in [0.2, 0.25) is 5.02 Å². The van der Waals surface area contributed by atoms with Gasteiger partial charge in [-0.05, 0) is 17.7 Å². The van der Waals surface area contributed by atoms with Gasteiger partial charge in [-0.2, -0.15) is 0 Å². The first-order chi connectivity index (χ1) is 12.0. The molecule has 9 nitrogen and oxygen atoms in total. The van der Waals surface area contributed by atoms with Gasteiger partial charge in [0.25, 0.3) is 5.91 Å². The van der Waals surface area contributed by atoms with Crippen molar-refractivity contribution >= 4 is 37.4 Å². The highest BCUT2D eigenvalue weighted by atomic mass is 35.5. The van der Waals surface area contributed by atoms with Crippen LogP contribution in [0.1, 0.15) is 23.0 Å². The van der Waals surface area contributed by atoms with Crippen LogP contribution in [0.3, 0.4) is 0 Å². The summed E-state index contributed by atoms with van der Waals surface area (Å²) >= 11 is 5.88. The van der Waals surface area contributed by atoms with Gasteiger partial charge < -0.3 is 5.32 Å². The largest absolute Gasteiger partial charge is 0.347 e. The number of nitrogens with one attached hydrogen (secondary N) is 1. The number of primary sulfonamides is 1. The van der Waals surface area contributed by atoms with Crippen molar-refractivity contribution in [2.45, 2.75) is 23.5 Å². The van der Waals surface area contributed by atoms with Crippen molar-refractivity contribution in [2.75, 3.05) is 5.75 Å². The average molecular weight is 419 g/mol. The third-order valence-electron chi connectivity index (χ3n) is 3.30. The summed E-state index contributed by atoms with van der Waals surface area (Å²) in [6.45, 7) is 1.47. The Morgan fingerprint density at radius 3 is 2.35 bits per heavy atom. The number of hydrogen-bond donors (Lipinski definition) is 2. The van der Waals surface area contributed by atoms with Crippen LogP contribution in [0.25, 0.3) is 0 Å². The molecule has 2 aromatic rings. The number of nitrogens with zero attached hydrogens (tertiary/aromatic N) is 2. The number of halogens is 1. The van der Waals surface area contributed by atoms with E-state index in [2.05, 4.69) is 15.3 Å². The van der Waals surface area contributed by atoms with E-state index in [0.717, 1.165) is 6.20 Å². The number of rotatable bonds is 6. The first-order valence-electron chi connectivity index (χ1n) is 7.20. The molecule has 1 heterocycles. The molecule has 1 aromatic heterocycles. The van der Waals surface area contributed by atoms with E-state index in [4.69, 9.17) is 16.7 Å². The molecule has 140 valence electrons. The molecule has 1 aromatic carbocycles. The molecule has 0 spiro atoms. The zero-order valence-electron chi connectivity index (χ0n) is 13.5. The quantitative estimate of drug-likeness (QED) is 0.648. The second kappa shape index (κ2) is 7.66. The van der Waals surface area contributed by atoms with Crippen molar-refractivity contribution in [1.29, 1.82) is 0 Å². The van der Waals surface area contributed by atoms with Gasteiger partial charge in [0.15, 0.2) is 5.69 Å². The SMILES string of the molecule is CCS(=O)(=O)c1ncc(Cl)c(C(=O)NCc2ccc(S(N)(=O)=O)cc2)n1. The highest BCUT2D eigenvalue weighted by molar-refractivity contribution is 7.91. The Kier molecular flexibility index (Phi) is 5.96. The summed E-state index contributed by atoms with van der Waals surface area (Å²) in [5, 5.41) is 6.95. The molecule has 26 heavy (non-hydrogen) atoms. The van der Waals surface area contributed by atoms with Gasteiger partial charge in [-0.25, -0.2) is 31.9 Å². The standard InChI is InChI=1S/C14H15ClN4O5S2/c1-2-25(21,22)14-18-8-11(15)12(19-14)13(20)17-7-9-3-5-10(6-4-9)26(16,23)24/h3-6,8H,2,7H2,1H3,(H,17,20)(H2,16,23,24). The van der Waals surface area contributed by atoms with Crippen LogP contribution in [0.4, 0.5) is 0 Å². The number of nitrogens with two attached hydrogens (primary N) is 1. The molecule has 0 saturated heterocycles. The van der Waals surface area contributed by atoms with Crippen molar-refractivity contribution in [3.8, 4) is 0 Å². The van der Waals surface area contributed by atoms with Crippen molar-refractivity contribution < 1.29 is 21.6 Å². The molecular formula is C14H15ClN4O5S2. The van der Waals surface area contributed by atoms with Crippen LogP contribution in [0.5, 0.6) is 0 Å². The molecule has 2 rings (SSSR count). The van der Waals surface area contributed by atoms with Crippen LogP contribution < -0.4 is 10.5 Å². The van der Waals surface area contributed by atoms with E-state index in [9.17, 15) is 21.6 Å². The van der Waals surface area contributed by atoms with Crippen LogP contribution in [-0.2, 0) is 26.4 Å². The van der Waals surface area contributed by atoms with E-state index >= 15 is 0 Å². The molecular weight excluding hydrogens is 404 g/mol. The van der Waals surface area contributed by atoms with E-state index in [1.54, 1.807) is 0 Å². The van der Waals surface area contributed by atoms with Crippen LogP contribution in [0, 0.1) is 0 Å². The molecule has 0 fully saturated rings. The first-order valence-corrected chi connectivity index (χ1v) is 10.8. The number of carbonyl (C=O) groups is 1. The lowest BCUT2D eigenvalue weighted by molar-refractivity contribution is 0.0945. The minimum Gasteiger partial charge on any atom is -0.347 e. The minimum absolute atomic E-state index is 0.0416. The molecule has 3 N–H and O–H groups in total. The Bertz CT molecular complexity index is 1040. The van der Waals surface area contributed by atoms with Crippen LogP contribution in [0.15, 0.2) is 40.5 Å². The number of amides is 1. The number of sulfone groups is 1. The van der Waals surface area contributed by atoms with E-state index in [1.807, 2.05) is 0 Å². The average Bonchev–Trinajstić information content (AvgIpc) is 2.59. The van der Waals surface area contributed by atoms with E-state index in [1.165, 1.54) is 31.2 Å². The third-order valence-corrected chi connectivity index (χ3v) is 6.02. The fourth-order valence-corrected chi connectivity index (χ4v) is 3.25. The maximum Gasteiger partial charge on any atom is 0.271 e. The zero-order valence-corrected chi connectivity index (χ0v) is 15.9. The molecule has 0 aliphatic rings. The molecule has 12 heteroatoms.